The van der Waals surface area contributed by atoms with Gasteiger partial charge in [-0.15, -0.1) is 0 Å². The zero-order chi connectivity index (χ0) is 15.7. The first kappa shape index (κ1) is 14.2. The highest BCUT2D eigenvalue weighted by atomic mass is 19.2. The number of ether oxygens (including phenoxy) is 1. The van der Waals surface area contributed by atoms with Gasteiger partial charge in [-0.25, -0.2) is 17.9 Å². The van der Waals surface area contributed by atoms with Crippen LogP contribution in [-0.4, -0.2) is 16.9 Å². The molecular formula is C16H11F3N2O. The third-order valence-electron chi connectivity index (χ3n) is 3.27. The van der Waals surface area contributed by atoms with Crippen LogP contribution in [0.15, 0.2) is 48.8 Å². The average Bonchev–Trinajstić information content (AvgIpc) is 3.06. The minimum Gasteiger partial charge on any atom is -0.497 e. The highest BCUT2D eigenvalue weighted by Crippen LogP contribution is 2.31. The van der Waals surface area contributed by atoms with Crippen LogP contribution in [0.4, 0.5) is 13.2 Å². The molecule has 0 amide bonds. The van der Waals surface area contributed by atoms with E-state index in [-0.39, 0.29) is 11.3 Å². The van der Waals surface area contributed by atoms with E-state index in [4.69, 9.17) is 4.74 Å². The number of rotatable bonds is 3. The molecule has 1 heterocycles. The van der Waals surface area contributed by atoms with Crippen molar-refractivity contribution < 1.29 is 17.9 Å². The molecule has 0 saturated carbocycles. The summed E-state index contributed by atoms with van der Waals surface area (Å²) in [5.74, 6) is -2.74. The van der Waals surface area contributed by atoms with Crippen molar-refractivity contribution in [2.75, 3.05) is 7.11 Å². The van der Waals surface area contributed by atoms with E-state index < -0.39 is 23.0 Å². The molecule has 3 nitrogen and oxygen atoms in total. The third kappa shape index (κ3) is 2.32. The molecule has 0 radical (unpaired) electrons. The van der Waals surface area contributed by atoms with Crippen LogP contribution in [-0.2, 0) is 0 Å². The monoisotopic (exact) mass is 304 g/mol. The largest absolute Gasteiger partial charge is 0.497 e. The highest BCUT2D eigenvalue weighted by molar-refractivity contribution is 5.67. The van der Waals surface area contributed by atoms with Gasteiger partial charge in [0.1, 0.15) is 17.3 Å². The second kappa shape index (κ2) is 5.55. The minimum absolute atomic E-state index is 0.224. The molecule has 3 aromatic rings. The van der Waals surface area contributed by atoms with Gasteiger partial charge in [-0.1, -0.05) is 12.1 Å². The summed E-state index contributed by atoms with van der Waals surface area (Å²) in [6.45, 7) is 0. The first-order valence-electron chi connectivity index (χ1n) is 6.43. The van der Waals surface area contributed by atoms with Crippen LogP contribution in [0, 0.1) is 17.5 Å². The number of hydrogen-bond donors (Lipinski definition) is 0. The van der Waals surface area contributed by atoms with Crippen molar-refractivity contribution in [3.8, 4) is 22.6 Å². The van der Waals surface area contributed by atoms with Gasteiger partial charge < -0.3 is 4.74 Å². The van der Waals surface area contributed by atoms with Gasteiger partial charge in [0, 0.05) is 18.5 Å². The van der Waals surface area contributed by atoms with E-state index in [1.807, 2.05) is 0 Å². The Hall–Kier alpha value is -2.76. The van der Waals surface area contributed by atoms with Crippen LogP contribution in [0.25, 0.3) is 16.8 Å². The molecule has 0 N–H and O–H groups in total. The Kier molecular flexibility index (Phi) is 3.58. The second-order valence-corrected chi connectivity index (χ2v) is 4.56. The fourth-order valence-electron chi connectivity index (χ4n) is 2.18. The number of benzene rings is 2. The van der Waals surface area contributed by atoms with Crippen molar-refractivity contribution in [3.05, 3.63) is 66.2 Å². The molecule has 0 aliphatic carbocycles. The maximum atomic E-state index is 14.3. The molecular weight excluding hydrogens is 293 g/mol. The van der Waals surface area contributed by atoms with E-state index in [0.717, 1.165) is 10.7 Å². The van der Waals surface area contributed by atoms with Crippen LogP contribution >= 0.6 is 0 Å². The van der Waals surface area contributed by atoms with Crippen molar-refractivity contribution >= 4 is 0 Å². The van der Waals surface area contributed by atoms with Gasteiger partial charge in [0.15, 0.2) is 11.6 Å². The maximum absolute atomic E-state index is 14.3. The fraction of sp³-hybridized carbons (Fsp3) is 0.0625. The van der Waals surface area contributed by atoms with E-state index in [1.54, 1.807) is 12.1 Å². The van der Waals surface area contributed by atoms with Gasteiger partial charge in [0.25, 0.3) is 0 Å². The van der Waals surface area contributed by atoms with Gasteiger partial charge in [-0.05, 0) is 23.8 Å². The van der Waals surface area contributed by atoms with Gasteiger partial charge in [0.05, 0.1) is 12.7 Å². The predicted octanol–water partition coefficient (Wildman–Crippen LogP) is 3.97. The van der Waals surface area contributed by atoms with E-state index in [2.05, 4.69) is 5.10 Å². The Labute approximate surface area is 124 Å². The fourth-order valence-corrected chi connectivity index (χ4v) is 2.18. The number of methoxy groups -OCH3 is 1. The van der Waals surface area contributed by atoms with E-state index in [1.165, 1.54) is 37.7 Å². The zero-order valence-electron chi connectivity index (χ0n) is 11.6. The summed E-state index contributed by atoms with van der Waals surface area (Å²) >= 11 is 0. The summed E-state index contributed by atoms with van der Waals surface area (Å²) in [6, 6.07) is 8.49. The van der Waals surface area contributed by atoms with Crippen molar-refractivity contribution in [1.29, 1.82) is 0 Å². The summed E-state index contributed by atoms with van der Waals surface area (Å²) in [5.41, 5.74) is -0.477. The SMILES string of the molecule is COc1ccc(-c2c(F)cc(-n3cccn3)c(F)c2F)cc1. The number of halogens is 3. The lowest BCUT2D eigenvalue weighted by molar-refractivity contribution is 0.415. The second-order valence-electron chi connectivity index (χ2n) is 4.56. The Morgan fingerprint density at radius 2 is 1.77 bits per heavy atom. The molecule has 0 aliphatic rings. The molecule has 2 aromatic carbocycles. The van der Waals surface area contributed by atoms with Crippen LogP contribution in [0.2, 0.25) is 0 Å². The lowest BCUT2D eigenvalue weighted by atomic mass is 10.0. The summed E-state index contributed by atoms with van der Waals surface area (Å²) in [7, 11) is 1.48. The van der Waals surface area contributed by atoms with Crippen molar-refractivity contribution in [2.24, 2.45) is 0 Å². The van der Waals surface area contributed by atoms with Gasteiger partial charge in [0.2, 0.25) is 0 Å². The Morgan fingerprint density at radius 1 is 1.05 bits per heavy atom. The Bertz CT molecular complexity index is 799. The Balaban J connectivity index is 2.15. The smallest absolute Gasteiger partial charge is 0.185 e. The van der Waals surface area contributed by atoms with Crippen LogP contribution in [0.1, 0.15) is 0 Å². The lowest BCUT2D eigenvalue weighted by Crippen LogP contribution is -2.04. The normalized spacial score (nSPS) is 10.7. The van der Waals surface area contributed by atoms with Crippen molar-refractivity contribution in [1.82, 2.24) is 9.78 Å². The minimum atomic E-state index is -1.25. The summed E-state index contributed by atoms with van der Waals surface area (Å²) in [6.07, 6.45) is 2.80. The lowest BCUT2D eigenvalue weighted by Gasteiger charge is -2.11. The van der Waals surface area contributed by atoms with Gasteiger partial charge >= 0.3 is 0 Å². The number of aromatic nitrogens is 2. The standard InChI is InChI=1S/C16H11F3N2O/c1-22-11-5-3-10(4-6-11)14-12(17)9-13(15(18)16(14)19)21-8-2-7-20-21/h2-9H,1H3. The molecule has 0 unspecified atom stereocenters. The first-order valence-corrected chi connectivity index (χ1v) is 6.43. The van der Waals surface area contributed by atoms with Crippen molar-refractivity contribution in [3.63, 3.8) is 0 Å². The molecule has 6 heteroatoms. The molecule has 0 aliphatic heterocycles. The molecule has 0 atom stereocenters. The zero-order valence-corrected chi connectivity index (χ0v) is 11.6. The molecule has 0 spiro atoms. The van der Waals surface area contributed by atoms with Crippen LogP contribution in [0.5, 0.6) is 5.75 Å². The molecule has 1 aromatic heterocycles. The summed E-state index contributed by atoms with van der Waals surface area (Å²) < 4.78 is 48.8. The number of nitrogens with zero attached hydrogens (tertiary/aromatic N) is 2. The highest BCUT2D eigenvalue weighted by Gasteiger charge is 2.21. The molecule has 0 saturated heterocycles. The maximum Gasteiger partial charge on any atom is 0.185 e. The Morgan fingerprint density at radius 3 is 2.36 bits per heavy atom. The third-order valence-corrected chi connectivity index (χ3v) is 3.27. The number of hydrogen-bond acceptors (Lipinski definition) is 2. The van der Waals surface area contributed by atoms with E-state index in [9.17, 15) is 13.2 Å². The quantitative estimate of drug-likeness (QED) is 0.685. The van der Waals surface area contributed by atoms with Crippen LogP contribution in [0.3, 0.4) is 0 Å². The molecule has 0 fully saturated rings. The van der Waals surface area contributed by atoms with Crippen molar-refractivity contribution in [2.45, 2.75) is 0 Å². The van der Waals surface area contributed by atoms with E-state index >= 15 is 0 Å². The predicted molar refractivity (Wildman–Crippen MR) is 75.4 cm³/mol. The molecule has 22 heavy (non-hydrogen) atoms. The first-order chi connectivity index (χ1) is 10.6. The molecule has 112 valence electrons. The molecule has 3 rings (SSSR count). The summed E-state index contributed by atoms with van der Waals surface area (Å²) in [4.78, 5) is 0. The van der Waals surface area contributed by atoms with E-state index in [0.29, 0.717) is 5.75 Å². The van der Waals surface area contributed by atoms with Gasteiger partial charge in [-0.3, -0.25) is 0 Å². The molecule has 0 bridgehead atoms. The summed E-state index contributed by atoms with van der Waals surface area (Å²) in [5, 5.41) is 3.78. The van der Waals surface area contributed by atoms with Crippen LogP contribution < -0.4 is 4.74 Å². The van der Waals surface area contributed by atoms with Gasteiger partial charge in [-0.2, -0.15) is 5.10 Å². The topological polar surface area (TPSA) is 27.1 Å². The average molecular weight is 304 g/mol.